The first-order chi connectivity index (χ1) is 11.8. The van der Waals surface area contributed by atoms with Crippen LogP contribution in [0, 0.1) is 0 Å². The lowest BCUT2D eigenvalue weighted by atomic mass is 10.0. The lowest BCUT2D eigenvalue weighted by molar-refractivity contribution is -0.139. The van der Waals surface area contributed by atoms with Gasteiger partial charge >= 0.3 is 6.18 Å². The molecule has 7 heteroatoms. The normalized spacial score (nSPS) is 11.2. The minimum Gasteiger partial charge on any atom is -0.484 e. The van der Waals surface area contributed by atoms with Crippen LogP contribution in [0.4, 0.5) is 13.2 Å². The Labute approximate surface area is 145 Å². The van der Waals surface area contributed by atoms with Gasteiger partial charge in [0.1, 0.15) is 12.3 Å². The summed E-state index contributed by atoms with van der Waals surface area (Å²) >= 11 is 0. The SMILES string of the molecule is CCCCCCCC(=O)c1ccc(OCC(=O)NCC(F)(F)F)cc1. The number of hydrogen-bond donors (Lipinski definition) is 1. The molecule has 25 heavy (non-hydrogen) atoms. The minimum absolute atomic E-state index is 0.0472. The van der Waals surface area contributed by atoms with Gasteiger partial charge in [0.15, 0.2) is 12.4 Å². The van der Waals surface area contributed by atoms with Crippen LogP contribution in [0.1, 0.15) is 55.8 Å². The Kier molecular flexibility index (Phi) is 9.02. The van der Waals surface area contributed by atoms with Gasteiger partial charge in [-0.15, -0.1) is 0 Å². The summed E-state index contributed by atoms with van der Waals surface area (Å²) in [6, 6.07) is 6.25. The molecule has 0 aliphatic carbocycles. The standard InChI is InChI=1S/C18H24F3NO3/c1-2-3-4-5-6-7-16(23)14-8-10-15(11-9-14)25-12-17(24)22-13-18(19,20)21/h8-11H,2-7,12-13H2,1H3,(H,22,24). The second-order valence-electron chi connectivity index (χ2n) is 5.79. The molecule has 0 radical (unpaired) electrons. The first-order valence-corrected chi connectivity index (χ1v) is 8.41. The number of unbranched alkanes of at least 4 members (excludes halogenated alkanes) is 4. The van der Waals surface area contributed by atoms with Crippen LogP contribution in [0.5, 0.6) is 5.75 Å². The Bertz CT molecular complexity index is 541. The topological polar surface area (TPSA) is 55.4 Å². The second kappa shape index (κ2) is 10.7. The number of ketones is 1. The maximum atomic E-state index is 12.0. The molecular formula is C18H24F3NO3. The third-order valence-electron chi connectivity index (χ3n) is 3.54. The number of Topliss-reactive ketones (excluding diaryl/α,β-unsaturated/α-hetero) is 1. The van der Waals surface area contributed by atoms with Crippen LogP contribution in [-0.4, -0.2) is 31.0 Å². The second-order valence-corrected chi connectivity index (χ2v) is 5.79. The Balaban J connectivity index is 2.33. The summed E-state index contributed by atoms with van der Waals surface area (Å²) in [5.41, 5.74) is 0.560. The van der Waals surface area contributed by atoms with Crippen molar-refractivity contribution >= 4 is 11.7 Å². The fraction of sp³-hybridized carbons (Fsp3) is 0.556. The molecule has 1 aromatic rings. The number of amides is 1. The van der Waals surface area contributed by atoms with E-state index in [0.717, 1.165) is 25.7 Å². The maximum absolute atomic E-state index is 12.0. The van der Waals surface area contributed by atoms with Crippen molar-refractivity contribution < 1.29 is 27.5 Å². The molecule has 1 rings (SSSR count). The fourth-order valence-electron chi connectivity index (χ4n) is 2.17. The number of alkyl halides is 3. The van der Waals surface area contributed by atoms with Crippen LogP contribution in [0.15, 0.2) is 24.3 Å². The van der Waals surface area contributed by atoms with Gasteiger partial charge in [0.25, 0.3) is 5.91 Å². The van der Waals surface area contributed by atoms with Crippen LogP contribution in [0.3, 0.4) is 0 Å². The zero-order valence-electron chi connectivity index (χ0n) is 14.3. The molecule has 0 atom stereocenters. The van der Waals surface area contributed by atoms with Gasteiger partial charge in [-0.25, -0.2) is 0 Å². The number of hydrogen-bond acceptors (Lipinski definition) is 3. The average molecular weight is 359 g/mol. The Morgan fingerprint density at radius 2 is 1.68 bits per heavy atom. The highest BCUT2D eigenvalue weighted by atomic mass is 19.4. The van der Waals surface area contributed by atoms with E-state index in [2.05, 4.69) is 6.92 Å². The summed E-state index contributed by atoms with van der Waals surface area (Å²) in [4.78, 5) is 23.3. The number of nitrogens with one attached hydrogen (secondary N) is 1. The average Bonchev–Trinajstić information content (AvgIpc) is 2.57. The monoisotopic (exact) mass is 359 g/mol. The van der Waals surface area contributed by atoms with E-state index in [4.69, 9.17) is 4.74 Å². The van der Waals surface area contributed by atoms with Gasteiger partial charge in [-0.05, 0) is 30.7 Å². The first-order valence-electron chi connectivity index (χ1n) is 8.41. The van der Waals surface area contributed by atoms with E-state index >= 15 is 0 Å². The molecule has 0 aliphatic rings. The van der Waals surface area contributed by atoms with Gasteiger partial charge in [-0.1, -0.05) is 32.6 Å². The number of carbonyl (C=O) groups excluding carboxylic acids is 2. The number of ether oxygens (including phenoxy) is 1. The van der Waals surface area contributed by atoms with Gasteiger partial charge < -0.3 is 10.1 Å². The quantitative estimate of drug-likeness (QED) is 0.474. The van der Waals surface area contributed by atoms with Crippen molar-refractivity contribution in [1.29, 1.82) is 0 Å². The van der Waals surface area contributed by atoms with Gasteiger partial charge in [0.05, 0.1) is 0 Å². The highest BCUT2D eigenvalue weighted by molar-refractivity contribution is 5.96. The summed E-state index contributed by atoms with van der Waals surface area (Å²) in [6.45, 7) is 0.233. The minimum atomic E-state index is -4.45. The summed E-state index contributed by atoms with van der Waals surface area (Å²) in [5.74, 6) is -0.489. The predicted molar refractivity (Wildman–Crippen MR) is 88.7 cm³/mol. The maximum Gasteiger partial charge on any atom is 0.405 e. The van der Waals surface area contributed by atoms with E-state index in [1.807, 2.05) is 0 Å². The lowest BCUT2D eigenvalue weighted by Crippen LogP contribution is -2.36. The number of carbonyl (C=O) groups is 2. The van der Waals surface area contributed by atoms with Gasteiger partial charge in [-0.3, -0.25) is 9.59 Å². The van der Waals surface area contributed by atoms with Crippen LogP contribution < -0.4 is 10.1 Å². The number of rotatable bonds is 11. The molecule has 1 N–H and O–H groups in total. The van der Waals surface area contributed by atoms with Crippen molar-refractivity contribution in [2.24, 2.45) is 0 Å². The van der Waals surface area contributed by atoms with Crippen LogP contribution in [-0.2, 0) is 4.79 Å². The van der Waals surface area contributed by atoms with E-state index in [9.17, 15) is 22.8 Å². The molecule has 0 aliphatic heterocycles. The highest BCUT2D eigenvalue weighted by Gasteiger charge is 2.27. The molecule has 0 fully saturated rings. The number of halogens is 3. The molecule has 0 unspecified atom stereocenters. The number of benzene rings is 1. The summed E-state index contributed by atoms with van der Waals surface area (Å²) in [5, 5.41) is 1.72. The molecule has 4 nitrogen and oxygen atoms in total. The van der Waals surface area contributed by atoms with Crippen molar-refractivity contribution in [3.63, 3.8) is 0 Å². The molecule has 1 amide bonds. The molecular weight excluding hydrogens is 335 g/mol. The van der Waals surface area contributed by atoms with Gasteiger partial charge in [0.2, 0.25) is 0 Å². The van der Waals surface area contributed by atoms with Crippen LogP contribution in [0.25, 0.3) is 0 Å². The molecule has 0 aromatic heterocycles. The largest absolute Gasteiger partial charge is 0.484 e. The molecule has 1 aromatic carbocycles. The van der Waals surface area contributed by atoms with Crippen molar-refractivity contribution in [1.82, 2.24) is 5.32 Å². The molecule has 0 saturated heterocycles. The molecule has 0 saturated carbocycles. The van der Waals surface area contributed by atoms with E-state index in [0.29, 0.717) is 17.7 Å². The van der Waals surface area contributed by atoms with Crippen molar-refractivity contribution in [3.05, 3.63) is 29.8 Å². The zero-order valence-corrected chi connectivity index (χ0v) is 14.3. The van der Waals surface area contributed by atoms with Gasteiger partial charge in [-0.2, -0.15) is 13.2 Å². The molecule has 0 bridgehead atoms. The van der Waals surface area contributed by atoms with Gasteiger partial charge in [0, 0.05) is 12.0 Å². The highest BCUT2D eigenvalue weighted by Crippen LogP contribution is 2.15. The smallest absolute Gasteiger partial charge is 0.405 e. The third-order valence-corrected chi connectivity index (χ3v) is 3.54. The Hall–Kier alpha value is -2.05. The van der Waals surface area contributed by atoms with E-state index in [1.165, 1.54) is 18.6 Å². The summed E-state index contributed by atoms with van der Waals surface area (Å²) < 4.78 is 41.0. The van der Waals surface area contributed by atoms with Crippen LogP contribution in [0.2, 0.25) is 0 Å². The Morgan fingerprint density at radius 3 is 2.28 bits per heavy atom. The lowest BCUT2D eigenvalue weighted by Gasteiger charge is -2.09. The molecule has 0 heterocycles. The summed E-state index contributed by atoms with van der Waals surface area (Å²) in [7, 11) is 0. The van der Waals surface area contributed by atoms with Crippen molar-refractivity contribution in [2.45, 2.75) is 51.6 Å². The van der Waals surface area contributed by atoms with Crippen molar-refractivity contribution in [3.8, 4) is 5.75 Å². The Morgan fingerprint density at radius 1 is 1.04 bits per heavy atom. The molecule has 140 valence electrons. The third kappa shape index (κ3) is 9.74. The first kappa shape index (κ1) is 21.0. The van der Waals surface area contributed by atoms with E-state index < -0.39 is 25.2 Å². The van der Waals surface area contributed by atoms with E-state index in [1.54, 1.807) is 17.4 Å². The van der Waals surface area contributed by atoms with E-state index in [-0.39, 0.29) is 5.78 Å². The van der Waals surface area contributed by atoms with Crippen molar-refractivity contribution in [2.75, 3.05) is 13.2 Å². The zero-order chi connectivity index (χ0) is 18.7. The molecule has 0 spiro atoms. The fourth-order valence-corrected chi connectivity index (χ4v) is 2.17. The summed E-state index contributed by atoms with van der Waals surface area (Å²) in [6.07, 6.45) is 1.40. The predicted octanol–water partition coefficient (Wildman–Crippen LogP) is 4.29. The van der Waals surface area contributed by atoms with Crippen LogP contribution >= 0.6 is 0 Å².